The van der Waals surface area contributed by atoms with Gasteiger partial charge in [0.2, 0.25) is 0 Å². The number of likely N-dealkylation sites (tertiary alicyclic amines) is 1. The third-order valence-electron chi connectivity index (χ3n) is 3.70. The largest absolute Gasteiger partial charge is 0.481 e. The molecule has 0 spiro atoms. The molecule has 0 aromatic heterocycles. The molecule has 1 atom stereocenters. The van der Waals surface area contributed by atoms with Crippen molar-refractivity contribution in [2.45, 2.75) is 57.2 Å². The first-order valence-corrected chi connectivity index (χ1v) is 6.83. The van der Waals surface area contributed by atoms with Crippen molar-refractivity contribution in [3.05, 3.63) is 0 Å². The summed E-state index contributed by atoms with van der Waals surface area (Å²) in [4.78, 5) is 13.6. The monoisotopic (exact) mass is 237 g/mol. The number of hydrogen-bond acceptors (Lipinski definition) is 2. The predicted octanol–water partition coefficient (Wildman–Crippen LogP) is 2.46. The minimum atomic E-state index is -1.00. The molecule has 4 heteroatoms. The van der Waals surface area contributed by atoms with Crippen LogP contribution in [0.4, 0.5) is 0 Å². The Morgan fingerprint density at radius 2 is 1.88 bits per heavy atom. The van der Waals surface area contributed by atoms with Gasteiger partial charge in [0.15, 0.2) is 0 Å². The predicted molar refractivity (Wildman–Crippen MR) is 70.5 cm³/mol. The molecular formula is C13H24BNO2. The normalized spacial score (nSPS) is 20.3. The van der Waals surface area contributed by atoms with E-state index in [1.807, 2.05) is 0 Å². The second kappa shape index (κ2) is 7.05. The van der Waals surface area contributed by atoms with Gasteiger partial charge in [-0.3, -0.25) is 4.79 Å². The van der Waals surface area contributed by atoms with E-state index in [-0.39, 0.29) is 0 Å². The Balaban J connectivity index is 2.30. The molecule has 1 saturated heterocycles. The quantitative estimate of drug-likeness (QED) is 0.659. The molecule has 1 N–H and O–H groups in total. The van der Waals surface area contributed by atoms with Crippen LogP contribution in [0.1, 0.15) is 51.9 Å². The third-order valence-corrected chi connectivity index (χ3v) is 3.70. The number of carboxylic acid groups (broad SMARTS) is 1. The zero-order chi connectivity index (χ0) is 12.7. The Labute approximate surface area is 106 Å². The first-order valence-electron chi connectivity index (χ1n) is 6.83. The van der Waals surface area contributed by atoms with Gasteiger partial charge in [-0.2, -0.15) is 0 Å². The smallest absolute Gasteiger partial charge is 0.300 e. The van der Waals surface area contributed by atoms with Crippen LogP contribution in [0.2, 0.25) is 5.31 Å². The lowest BCUT2D eigenvalue weighted by Crippen LogP contribution is -2.27. The number of carboxylic acids is 1. The van der Waals surface area contributed by atoms with E-state index in [1.165, 1.54) is 25.9 Å². The molecule has 1 unspecified atom stereocenters. The summed E-state index contributed by atoms with van der Waals surface area (Å²) in [6, 6.07) is 0. The Kier molecular flexibility index (Phi) is 6.03. The lowest BCUT2D eigenvalue weighted by molar-refractivity contribution is -0.141. The van der Waals surface area contributed by atoms with E-state index in [9.17, 15) is 9.90 Å². The maximum absolute atomic E-state index is 11.2. The van der Waals surface area contributed by atoms with Gasteiger partial charge in [-0.1, -0.05) is 19.8 Å². The van der Waals surface area contributed by atoms with Crippen LogP contribution in [-0.4, -0.2) is 43.5 Å². The van der Waals surface area contributed by atoms with Crippen LogP contribution in [0.15, 0.2) is 0 Å². The molecule has 0 saturated carbocycles. The van der Waals surface area contributed by atoms with Crippen molar-refractivity contribution in [2.24, 2.45) is 0 Å². The highest BCUT2D eigenvalue weighted by atomic mass is 16.4. The summed E-state index contributed by atoms with van der Waals surface area (Å²) in [6.07, 6.45) is 6.54. The molecule has 0 bridgehead atoms. The third kappa shape index (κ3) is 4.70. The highest BCUT2D eigenvalue weighted by molar-refractivity contribution is 6.26. The fourth-order valence-corrected chi connectivity index (χ4v) is 2.46. The lowest BCUT2D eigenvalue weighted by Gasteiger charge is -2.26. The molecular weight excluding hydrogens is 213 g/mol. The van der Waals surface area contributed by atoms with E-state index in [4.69, 9.17) is 7.85 Å². The average Bonchev–Trinajstić information content (AvgIpc) is 2.79. The number of hydrogen-bond donors (Lipinski definition) is 1. The van der Waals surface area contributed by atoms with Gasteiger partial charge < -0.3 is 10.0 Å². The van der Waals surface area contributed by atoms with Gasteiger partial charge in [-0.05, 0) is 51.7 Å². The minimum absolute atomic E-state index is 0.596. The number of rotatable bonds is 8. The summed E-state index contributed by atoms with van der Waals surface area (Å²) in [5, 5.41) is 8.21. The van der Waals surface area contributed by atoms with Gasteiger partial charge >= 0.3 is 5.97 Å². The van der Waals surface area contributed by atoms with Crippen LogP contribution in [0.5, 0.6) is 0 Å². The molecule has 96 valence electrons. The van der Waals surface area contributed by atoms with Gasteiger partial charge in [0, 0.05) is 5.31 Å². The van der Waals surface area contributed by atoms with E-state index < -0.39 is 11.3 Å². The van der Waals surface area contributed by atoms with Crippen molar-refractivity contribution < 1.29 is 9.90 Å². The van der Waals surface area contributed by atoms with Gasteiger partial charge in [-0.15, -0.1) is 0 Å². The Morgan fingerprint density at radius 1 is 1.29 bits per heavy atom. The summed E-state index contributed by atoms with van der Waals surface area (Å²) in [7, 11) is 5.99. The molecule has 17 heavy (non-hydrogen) atoms. The maximum atomic E-state index is 11.2. The highest BCUT2D eigenvalue weighted by Gasteiger charge is 2.31. The molecule has 1 aliphatic rings. The first-order chi connectivity index (χ1) is 8.08. The first kappa shape index (κ1) is 14.6. The van der Waals surface area contributed by atoms with Gasteiger partial charge in [0.25, 0.3) is 0 Å². The molecule has 1 rings (SSSR count). The number of carbonyl (C=O) groups is 1. The Morgan fingerprint density at radius 3 is 2.41 bits per heavy atom. The van der Waals surface area contributed by atoms with E-state index in [1.54, 1.807) is 0 Å². The Bertz CT molecular complexity index is 242. The zero-order valence-electron chi connectivity index (χ0n) is 11.0. The van der Waals surface area contributed by atoms with Crippen LogP contribution in [0, 0.1) is 0 Å². The second-order valence-corrected chi connectivity index (χ2v) is 5.22. The maximum Gasteiger partial charge on any atom is 0.300 e. The van der Waals surface area contributed by atoms with Crippen LogP contribution in [0.3, 0.4) is 0 Å². The second-order valence-electron chi connectivity index (χ2n) is 5.22. The molecule has 1 fully saturated rings. The standard InChI is InChI=1S/C13H24BNO2/c1-2-3-7-13(14,12(16)17)8-6-11-15-9-4-5-10-15/h2-11H2,1H3,(H,16,17). The lowest BCUT2D eigenvalue weighted by atomic mass is 9.63. The van der Waals surface area contributed by atoms with Crippen LogP contribution >= 0.6 is 0 Å². The topological polar surface area (TPSA) is 40.5 Å². The average molecular weight is 237 g/mol. The molecule has 0 aliphatic carbocycles. The van der Waals surface area contributed by atoms with Gasteiger partial charge in [0.05, 0.1) is 7.85 Å². The zero-order valence-corrected chi connectivity index (χ0v) is 11.0. The molecule has 1 heterocycles. The highest BCUT2D eigenvalue weighted by Crippen LogP contribution is 2.34. The van der Waals surface area contributed by atoms with Crippen molar-refractivity contribution in [1.29, 1.82) is 0 Å². The summed E-state index contributed by atoms with van der Waals surface area (Å²) >= 11 is 0. The number of unbranched alkanes of at least 4 members (excludes halogenated alkanes) is 1. The van der Waals surface area contributed by atoms with E-state index in [0.717, 1.165) is 25.8 Å². The van der Waals surface area contributed by atoms with Crippen LogP contribution in [-0.2, 0) is 4.79 Å². The summed E-state index contributed by atoms with van der Waals surface area (Å²) < 4.78 is 0. The number of aliphatic carboxylic acids is 1. The van der Waals surface area contributed by atoms with Crippen molar-refractivity contribution in [3.63, 3.8) is 0 Å². The molecule has 3 nitrogen and oxygen atoms in total. The molecule has 0 aromatic carbocycles. The molecule has 0 aromatic rings. The van der Waals surface area contributed by atoms with Crippen molar-refractivity contribution in [3.8, 4) is 0 Å². The molecule has 1 aliphatic heterocycles. The van der Waals surface area contributed by atoms with Crippen molar-refractivity contribution in [1.82, 2.24) is 4.90 Å². The SMILES string of the molecule is [B]C(CCCC)(CCCN1CCCC1)C(=O)O. The van der Waals surface area contributed by atoms with Crippen molar-refractivity contribution in [2.75, 3.05) is 19.6 Å². The summed E-state index contributed by atoms with van der Waals surface area (Å²) in [6.45, 7) is 5.39. The fraction of sp³-hybridized carbons (Fsp3) is 0.923. The van der Waals surface area contributed by atoms with Crippen molar-refractivity contribution >= 4 is 13.8 Å². The molecule has 2 radical (unpaired) electrons. The van der Waals surface area contributed by atoms with Crippen LogP contribution < -0.4 is 0 Å². The fourth-order valence-electron chi connectivity index (χ4n) is 2.46. The van der Waals surface area contributed by atoms with E-state index in [0.29, 0.717) is 12.8 Å². The van der Waals surface area contributed by atoms with Crippen LogP contribution in [0.25, 0.3) is 0 Å². The summed E-state index contributed by atoms with van der Waals surface area (Å²) in [5.74, 6) is -0.840. The van der Waals surface area contributed by atoms with E-state index in [2.05, 4.69) is 11.8 Å². The number of nitrogens with zero attached hydrogens (tertiary/aromatic N) is 1. The van der Waals surface area contributed by atoms with Gasteiger partial charge in [0.1, 0.15) is 0 Å². The van der Waals surface area contributed by atoms with Gasteiger partial charge in [-0.25, -0.2) is 0 Å². The molecule has 0 amide bonds. The Hall–Kier alpha value is -0.505. The minimum Gasteiger partial charge on any atom is -0.481 e. The van der Waals surface area contributed by atoms with E-state index >= 15 is 0 Å². The summed E-state index contributed by atoms with van der Waals surface area (Å²) in [5.41, 5.74) is 0.